The maximum absolute atomic E-state index is 10.9. The van der Waals surface area contributed by atoms with Crippen LogP contribution in [0.15, 0.2) is 28.2 Å². The lowest BCUT2D eigenvalue weighted by molar-refractivity contribution is -0.114. The van der Waals surface area contributed by atoms with Crippen molar-refractivity contribution < 1.29 is 9.53 Å². The molecular formula is C11H9BrN2O2. The van der Waals surface area contributed by atoms with Gasteiger partial charge in [-0.2, -0.15) is 5.26 Å². The number of ether oxygens (including phenoxy) is 1. The molecular weight excluding hydrogens is 272 g/mol. The molecule has 5 heteroatoms. The summed E-state index contributed by atoms with van der Waals surface area (Å²) in [6.45, 7) is 0. The molecule has 0 fully saturated rings. The number of nitrogens with zero attached hydrogens (tertiary/aromatic N) is 1. The Labute approximate surface area is 101 Å². The lowest BCUT2D eigenvalue weighted by Gasteiger charge is -2.05. The van der Waals surface area contributed by atoms with Gasteiger partial charge in [0, 0.05) is 10.0 Å². The molecule has 1 amide bonds. The number of nitriles is 1. The summed E-state index contributed by atoms with van der Waals surface area (Å²) in [5, 5.41) is 8.72. The van der Waals surface area contributed by atoms with E-state index in [1.54, 1.807) is 24.3 Å². The van der Waals surface area contributed by atoms with E-state index in [0.29, 0.717) is 11.3 Å². The number of nitrogens with two attached hydrogens (primary N) is 1. The van der Waals surface area contributed by atoms with E-state index in [4.69, 9.17) is 15.7 Å². The minimum atomic E-state index is -0.760. The summed E-state index contributed by atoms with van der Waals surface area (Å²) < 4.78 is 5.92. The summed E-state index contributed by atoms with van der Waals surface area (Å²) in [6.07, 6.45) is 1.39. The molecule has 0 aliphatic heterocycles. The quantitative estimate of drug-likeness (QED) is 0.678. The number of hydrogen-bond acceptors (Lipinski definition) is 3. The van der Waals surface area contributed by atoms with Gasteiger partial charge >= 0.3 is 0 Å². The summed E-state index contributed by atoms with van der Waals surface area (Å²) in [5.41, 5.74) is 5.55. The number of hydrogen-bond donors (Lipinski definition) is 1. The Balaban J connectivity index is 3.27. The summed E-state index contributed by atoms with van der Waals surface area (Å²) >= 11 is 3.29. The zero-order valence-corrected chi connectivity index (χ0v) is 10.1. The van der Waals surface area contributed by atoms with Gasteiger partial charge in [0.2, 0.25) is 0 Å². The third kappa shape index (κ3) is 2.84. The largest absolute Gasteiger partial charge is 0.496 e. The summed E-state index contributed by atoms with van der Waals surface area (Å²) in [6, 6.07) is 7.00. The molecule has 0 atom stereocenters. The zero-order valence-electron chi connectivity index (χ0n) is 8.53. The second kappa shape index (κ2) is 5.33. The Morgan fingerprint density at radius 2 is 2.31 bits per heavy atom. The van der Waals surface area contributed by atoms with Crippen LogP contribution in [0.4, 0.5) is 0 Å². The van der Waals surface area contributed by atoms with Gasteiger partial charge in [0.1, 0.15) is 17.4 Å². The van der Waals surface area contributed by atoms with Crippen molar-refractivity contribution in [2.45, 2.75) is 0 Å². The third-order valence-electron chi connectivity index (χ3n) is 1.88. The van der Waals surface area contributed by atoms with E-state index in [2.05, 4.69) is 15.9 Å². The van der Waals surface area contributed by atoms with Crippen molar-refractivity contribution in [2.75, 3.05) is 7.11 Å². The van der Waals surface area contributed by atoms with Crippen LogP contribution in [0.5, 0.6) is 5.75 Å². The van der Waals surface area contributed by atoms with Crippen LogP contribution in [0.2, 0.25) is 0 Å². The highest BCUT2D eigenvalue weighted by molar-refractivity contribution is 9.10. The maximum atomic E-state index is 10.9. The predicted octanol–water partition coefficient (Wildman–Crippen LogP) is 1.85. The van der Waals surface area contributed by atoms with Crippen LogP contribution in [0.3, 0.4) is 0 Å². The van der Waals surface area contributed by atoms with Crippen LogP contribution in [-0.4, -0.2) is 13.0 Å². The van der Waals surface area contributed by atoms with Gasteiger partial charge in [-0.05, 0) is 24.3 Å². The van der Waals surface area contributed by atoms with E-state index in [-0.39, 0.29) is 5.57 Å². The molecule has 1 rings (SSSR count). The first-order chi connectivity index (χ1) is 7.58. The second-order valence-electron chi connectivity index (χ2n) is 2.92. The fourth-order valence-electron chi connectivity index (χ4n) is 1.13. The van der Waals surface area contributed by atoms with Crippen LogP contribution < -0.4 is 10.5 Å². The number of benzene rings is 1. The highest BCUT2D eigenvalue weighted by Crippen LogP contribution is 2.25. The van der Waals surface area contributed by atoms with Crippen molar-refractivity contribution >= 4 is 27.9 Å². The van der Waals surface area contributed by atoms with E-state index in [9.17, 15) is 4.79 Å². The Kier molecular flexibility index (Phi) is 4.09. The molecule has 2 N–H and O–H groups in total. The number of methoxy groups -OCH3 is 1. The molecule has 0 bridgehead atoms. The molecule has 0 saturated carbocycles. The van der Waals surface area contributed by atoms with Gasteiger partial charge in [-0.1, -0.05) is 15.9 Å². The van der Waals surface area contributed by atoms with Gasteiger partial charge in [-0.25, -0.2) is 0 Å². The van der Waals surface area contributed by atoms with Gasteiger partial charge in [0.15, 0.2) is 0 Å². The average Bonchev–Trinajstić information content (AvgIpc) is 2.25. The molecule has 82 valence electrons. The lowest BCUT2D eigenvalue weighted by atomic mass is 10.1. The normalized spacial score (nSPS) is 10.7. The smallest absolute Gasteiger partial charge is 0.259 e. The van der Waals surface area contributed by atoms with Gasteiger partial charge in [0.05, 0.1) is 7.11 Å². The number of amides is 1. The SMILES string of the molecule is COc1ccc(Br)cc1/C=C(\C#N)C(N)=O. The highest BCUT2D eigenvalue weighted by atomic mass is 79.9. The predicted molar refractivity (Wildman–Crippen MR) is 63.5 cm³/mol. The molecule has 0 spiro atoms. The first-order valence-corrected chi connectivity index (χ1v) is 5.13. The number of halogens is 1. The van der Waals surface area contributed by atoms with Crippen LogP contribution in [0, 0.1) is 11.3 Å². The number of carbonyl (C=O) groups excluding carboxylic acids is 1. The highest BCUT2D eigenvalue weighted by Gasteiger charge is 2.07. The third-order valence-corrected chi connectivity index (χ3v) is 2.37. The Morgan fingerprint density at radius 3 is 2.81 bits per heavy atom. The first-order valence-electron chi connectivity index (χ1n) is 4.33. The first kappa shape index (κ1) is 12.3. The molecule has 1 aromatic rings. The van der Waals surface area contributed by atoms with Gasteiger partial charge < -0.3 is 10.5 Å². The molecule has 0 aliphatic rings. The minimum Gasteiger partial charge on any atom is -0.496 e. The molecule has 0 unspecified atom stereocenters. The Morgan fingerprint density at radius 1 is 1.62 bits per heavy atom. The van der Waals surface area contributed by atoms with Crippen LogP contribution in [-0.2, 0) is 4.79 Å². The number of primary amides is 1. The standard InChI is InChI=1S/C11H9BrN2O2/c1-16-10-3-2-9(12)5-7(10)4-8(6-13)11(14)15/h2-5H,1H3,(H2,14,15)/b8-4+. The molecule has 16 heavy (non-hydrogen) atoms. The lowest BCUT2D eigenvalue weighted by Crippen LogP contribution is -2.12. The van der Waals surface area contributed by atoms with Gasteiger partial charge in [-0.3, -0.25) is 4.79 Å². The Bertz CT molecular complexity index is 489. The fourth-order valence-corrected chi connectivity index (χ4v) is 1.51. The topological polar surface area (TPSA) is 76.1 Å². The molecule has 0 radical (unpaired) electrons. The van der Waals surface area contributed by atoms with Crippen molar-refractivity contribution in [3.05, 3.63) is 33.8 Å². The van der Waals surface area contributed by atoms with E-state index in [1.807, 2.05) is 0 Å². The van der Waals surface area contributed by atoms with Crippen molar-refractivity contribution in [3.63, 3.8) is 0 Å². The molecule has 1 aromatic carbocycles. The van der Waals surface area contributed by atoms with Crippen molar-refractivity contribution in [1.82, 2.24) is 0 Å². The summed E-state index contributed by atoms with van der Waals surface area (Å²) in [7, 11) is 1.51. The number of rotatable bonds is 3. The van der Waals surface area contributed by atoms with Crippen molar-refractivity contribution in [2.24, 2.45) is 5.73 Å². The van der Waals surface area contributed by atoms with E-state index in [0.717, 1.165) is 4.47 Å². The molecule has 0 aromatic heterocycles. The Hall–Kier alpha value is -1.80. The van der Waals surface area contributed by atoms with E-state index >= 15 is 0 Å². The molecule has 4 nitrogen and oxygen atoms in total. The van der Waals surface area contributed by atoms with Gasteiger partial charge in [0.25, 0.3) is 5.91 Å². The average molecular weight is 281 g/mol. The van der Waals surface area contributed by atoms with E-state index in [1.165, 1.54) is 13.2 Å². The molecule has 0 heterocycles. The van der Waals surface area contributed by atoms with Gasteiger partial charge in [-0.15, -0.1) is 0 Å². The summed E-state index contributed by atoms with van der Waals surface area (Å²) in [5.74, 6) is -0.193. The zero-order chi connectivity index (χ0) is 12.1. The number of carbonyl (C=O) groups is 1. The van der Waals surface area contributed by atoms with Crippen molar-refractivity contribution in [3.8, 4) is 11.8 Å². The second-order valence-corrected chi connectivity index (χ2v) is 3.84. The van der Waals surface area contributed by atoms with E-state index < -0.39 is 5.91 Å². The maximum Gasteiger partial charge on any atom is 0.259 e. The summed E-state index contributed by atoms with van der Waals surface area (Å²) in [4.78, 5) is 10.9. The van der Waals surface area contributed by atoms with Crippen LogP contribution >= 0.6 is 15.9 Å². The molecule has 0 saturated heterocycles. The van der Waals surface area contributed by atoms with Crippen LogP contribution in [0.1, 0.15) is 5.56 Å². The fraction of sp³-hybridized carbons (Fsp3) is 0.0909. The minimum absolute atomic E-state index is 0.114. The van der Waals surface area contributed by atoms with Crippen LogP contribution in [0.25, 0.3) is 6.08 Å². The monoisotopic (exact) mass is 280 g/mol. The molecule has 0 aliphatic carbocycles. The van der Waals surface area contributed by atoms with Crippen molar-refractivity contribution in [1.29, 1.82) is 5.26 Å².